The number of hydrogen-bond acceptors (Lipinski definition) is 4. The van der Waals surface area contributed by atoms with Crippen LogP contribution in [0.3, 0.4) is 0 Å². The summed E-state index contributed by atoms with van der Waals surface area (Å²) >= 11 is 3.10. The van der Waals surface area contributed by atoms with Gasteiger partial charge in [0.1, 0.15) is 0 Å². The molecule has 0 fully saturated rings. The first-order chi connectivity index (χ1) is 9.65. The lowest BCUT2D eigenvalue weighted by Crippen LogP contribution is -2.37. The van der Waals surface area contributed by atoms with Gasteiger partial charge in [0.25, 0.3) is 5.91 Å². The zero-order chi connectivity index (χ0) is 14.4. The molecule has 0 saturated carbocycles. The van der Waals surface area contributed by atoms with Gasteiger partial charge in [-0.2, -0.15) is 0 Å². The van der Waals surface area contributed by atoms with Crippen molar-refractivity contribution in [2.75, 3.05) is 13.1 Å². The van der Waals surface area contributed by atoms with Crippen molar-refractivity contribution in [3.05, 3.63) is 40.8 Å². The Hall–Kier alpha value is -2.09. The van der Waals surface area contributed by atoms with E-state index in [2.05, 4.69) is 36.5 Å². The summed E-state index contributed by atoms with van der Waals surface area (Å²) in [5.74, 6) is -0.537. The Morgan fingerprint density at radius 2 is 2.20 bits per heavy atom. The number of H-pyrrole nitrogens is 1. The van der Waals surface area contributed by atoms with Gasteiger partial charge in [-0.05, 0) is 28.1 Å². The van der Waals surface area contributed by atoms with E-state index in [9.17, 15) is 9.59 Å². The quantitative estimate of drug-likeness (QED) is 0.725. The van der Waals surface area contributed by atoms with Crippen LogP contribution in [0.5, 0.6) is 0 Å². The molecule has 0 aliphatic carbocycles. The van der Waals surface area contributed by atoms with Crippen molar-refractivity contribution in [3.8, 4) is 0 Å². The summed E-state index contributed by atoms with van der Waals surface area (Å²) in [4.78, 5) is 29.9. The van der Waals surface area contributed by atoms with Crippen LogP contribution in [0.4, 0.5) is 0 Å². The van der Waals surface area contributed by atoms with Crippen LogP contribution < -0.4 is 10.6 Å². The summed E-state index contributed by atoms with van der Waals surface area (Å²) in [6, 6.07) is 3.13. The molecule has 8 heteroatoms. The molecule has 2 aromatic rings. The van der Waals surface area contributed by atoms with Gasteiger partial charge in [0.2, 0.25) is 5.91 Å². The summed E-state index contributed by atoms with van der Waals surface area (Å²) < 4.78 is 5.53. The molecule has 0 saturated heterocycles. The average molecular weight is 341 g/mol. The number of imidazole rings is 1. The molecule has 0 aromatic carbocycles. The van der Waals surface area contributed by atoms with E-state index in [1.807, 2.05) is 0 Å². The second-order valence-electron chi connectivity index (χ2n) is 3.96. The second-order valence-corrected chi connectivity index (χ2v) is 4.74. The Morgan fingerprint density at radius 3 is 2.85 bits per heavy atom. The van der Waals surface area contributed by atoms with Gasteiger partial charge in [-0.1, -0.05) is 0 Å². The van der Waals surface area contributed by atoms with Gasteiger partial charge in [0.15, 0.2) is 10.4 Å². The third-order valence-electron chi connectivity index (χ3n) is 2.48. The standard InChI is InChI=1S/C12H13BrN4O3/c13-10-2-1-9(20-10)12(19)16-6-11(18)15-4-3-8-5-14-7-17-8/h1-2,5,7H,3-4,6H2,(H,14,17)(H,15,18)(H,16,19). The predicted octanol–water partition coefficient (Wildman–Crippen LogP) is 0.854. The number of nitrogens with one attached hydrogen (secondary N) is 3. The molecule has 2 amide bonds. The maximum absolute atomic E-state index is 11.6. The minimum atomic E-state index is -0.431. The molecule has 106 valence electrons. The highest BCUT2D eigenvalue weighted by Gasteiger charge is 2.11. The highest BCUT2D eigenvalue weighted by atomic mass is 79.9. The van der Waals surface area contributed by atoms with Crippen LogP contribution in [0.1, 0.15) is 16.2 Å². The zero-order valence-corrected chi connectivity index (χ0v) is 12.1. The lowest BCUT2D eigenvalue weighted by Gasteiger charge is -2.05. The highest BCUT2D eigenvalue weighted by Crippen LogP contribution is 2.13. The van der Waals surface area contributed by atoms with E-state index in [1.165, 1.54) is 6.07 Å². The Kier molecular flexibility index (Phi) is 4.94. The summed E-state index contributed by atoms with van der Waals surface area (Å²) in [5, 5.41) is 5.16. The number of hydrogen-bond donors (Lipinski definition) is 3. The topological polar surface area (TPSA) is 100 Å². The number of carbonyl (C=O) groups excluding carboxylic acids is 2. The first-order valence-electron chi connectivity index (χ1n) is 5.92. The van der Waals surface area contributed by atoms with E-state index in [0.717, 1.165) is 5.69 Å². The van der Waals surface area contributed by atoms with Crippen LogP contribution >= 0.6 is 15.9 Å². The van der Waals surface area contributed by atoms with Gasteiger partial charge in [-0.15, -0.1) is 0 Å². The van der Waals surface area contributed by atoms with Crippen molar-refractivity contribution in [2.45, 2.75) is 6.42 Å². The van der Waals surface area contributed by atoms with Crippen LogP contribution in [0, 0.1) is 0 Å². The van der Waals surface area contributed by atoms with E-state index in [-0.39, 0.29) is 18.2 Å². The molecule has 7 nitrogen and oxygen atoms in total. The molecule has 2 heterocycles. The number of carbonyl (C=O) groups is 2. The molecule has 20 heavy (non-hydrogen) atoms. The summed E-state index contributed by atoms with van der Waals surface area (Å²) in [5.41, 5.74) is 0.940. The zero-order valence-electron chi connectivity index (χ0n) is 10.5. The minimum absolute atomic E-state index is 0.0971. The molecule has 3 N–H and O–H groups in total. The first kappa shape index (κ1) is 14.3. The molecule has 0 atom stereocenters. The predicted molar refractivity (Wildman–Crippen MR) is 74.0 cm³/mol. The van der Waals surface area contributed by atoms with Gasteiger partial charge >= 0.3 is 0 Å². The smallest absolute Gasteiger partial charge is 0.287 e. The third-order valence-corrected chi connectivity index (χ3v) is 2.90. The number of rotatable bonds is 6. The SMILES string of the molecule is O=C(CNC(=O)c1ccc(Br)o1)NCCc1cnc[nH]1. The van der Waals surface area contributed by atoms with Crippen LogP contribution in [-0.2, 0) is 11.2 Å². The Labute approximate surface area is 123 Å². The van der Waals surface area contributed by atoms with Crippen molar-refractivity contribution in [2.24, 2.45) is 0 Å². The number of aromatic amines is 1. The summed E-state index contributed by atoms with van der Waals surface area (Å²) in [6.07, 6.45) is 3.94. The van der Waals surface area contributed by atoms with Crippen LogP contribution in [0.25, 0.3) is 0 Å². The van der Waals surface area contributed by atoms with E-state index in [1.54, 1.807) is 18.6 Å². The van der Waals surface area contributed by atoms with Gasteiger partial charge < -0.3 is 20.0 Å². The van der Waals surface area contributed by atoms with Crippen molar-refractivity contribution in [1.82, 2.24) is 20.6 Å². The molecular formula is C12H13BrN4O3. The Balaban J connectivity index is 1.66. The number of aromatic nitrogens is 2. The van der Waals surface area contributed by atoms with Crippen LogP contribution in [-0.4, -0.2) is 34.9 Å². The van der Waals surface area contributed by atoms with Crippen molar-refractivity contribution < 1.29 is 14.0 Å². The fourth-order valence-corrected chi connectivity index (χ4v) is 1.81. The number of nitrogens with zero attached hydrogens (tertiary/aromatic N) is 1. The second kappa shape index (κ2) is 6.90. The molecule has 2 aromatic heterocycles. The summed E-state index contributed by atoms with van der Waals surface area (Å²) in [7, 11) is 0. The van der Waals surface area contributed by atoms with Crippen molar-refractivity contribution in [3.63, 3.8) is 0 Å². The maximum atomic E-state index is 11.6. The number of amides is 2. The number of halogens is 1. The molecule has 2 rings (SSSR count). The van der Waals surface area contributed by atoms with E-state index < -0.39 is 5.91 Å². The van der Waals surface area contributed by atoms with Crippen LogP contribution in [0.2, 0.25) is 0 Å². The number of furan rings is 1. The normalized spacial score (nSPS) is 10.2. The van der Waals surface area contributed by atoms with E-state index in [4.69, 9.17) is 4.42 Å². The average Bonchev–Trinajstić information content (AvgIpc) is 3.07. The molecule has 0 radical (unpaired) electrons. The molecular weight excluding hydrogens is 328 g/mol. The fraction of sp³-hybridized carbons (Fsp3) is 0.250. The molecule has 0 unspecified atom stereocenters. The largest absolute Gasteiger partial charge is 0.444 e. The molecule has 0 bridgehead atoms. The van der Waals surface area contributed by atoms with Gasteiger partial charge in [-0.3, -0.25) is 9.59 Å². The highest BCUT2D eigenvalue weighted by molar-refractivity contribution is 9.10. The van der Waals surface area contributed by atoms with E-state index >= 15 is 0 Å². The maximum Gasteiger partial charge on any atom is 0.287 e. The van der Waals surface area contributed by atoms with Crippen LogP contribution in [0.15, 0.2) is 33.7 Å². The third kappa shape index (κ3) is 4.23. The summed E-state index contributed by atoms with van der Waals surface area (Å²) in [6.45, 7) is 0.378. The lowest BCUT2D eigenvalue weighted by atomic mass is 10.3. The Morgan fingerprint density at radius 1 is 1.35 bits per heavy atom. The van der Waals surface area contributed by atoms with Gasteiger partial charge in [0, 0.05) is 24.9 Å². The van der Waals surface area contributed by atoms with E-state index in [0.29, 0.717) is 17.6 Å². The van der Waals surface area contributed by atoms with Crippen molar-refractivity contribution >= 4 is 27.7 Å². The molecule has 0 spiro atoms. The fourth-order valence-electron chi connectivity index (χ4n) is 1.50. The Bertz CT molecular complexity index is 579. The van der Waals surface area contributed by atoms with Crippen molar-refractivity contribution in [1.29, 1.82) is 0 Å². The minimum Gasteiger partial charge on any atom is -0.444 e. The molecule has 0 aliphatic heterocycles. The first-order valence-corrected chi connectivity index (χ1v) is 6.72. The molecule has 0 aliphatic rings. The van der Waals surface area contributed by atoms with Gasteiger partial charge in [0.05, 0.1) is 12.9 Å². The van der Waals surface area contributed by atoms with Gasteiger partial charge in [-0.25, -0.2) is 4.98 Å². The monoisotopic (exact) mass is 340 g/mol. The lowest BCUT2D eigenvalue weighted by molar-refractivity contribution is -0.120.